The lowest BCUT2D eigenvalue weighted by Gasteiger charge is -2.24. The highest BCUT2D eigenvalue weighted by Crippen LogP contribution is 2.38. The van der Waals surface area contributed by atoms with Crippen molar-refractivity contribution in [3.05, 3.63) is 28.8 Å². The minimum atomic E-state index is 0.504. The number of hydrogen-bond donors (Lipinski definition) is 0. The van der Waals surface area contributed by atoms with Crippen LogP contribution in [0.4, 0.5) is 5.69 Å². The van der Waals surface area contributed by atoms with Crippen molar-refractivity contribution in [2.45, 2.75) is 39.0 Å². The topological polar surface area (TPSA) is 34.0 Å². The van der Waals surface area contributed by atoms with E-state index in [2.05, 4.69) is 36.0 Å². The molecule has 3 rings (SSSR count). The molecule has 0 fully saturated rings. The second kappa shape index (κ2) is 4.56. The van der Waals surface area contributed by atoms with Crippen molar-refractivity contribution in [1.82, 2.24) is 0 Å². The van der Waals surface area contributed by atoms with Crippen molar-refractivity contribution in [3.8, 4) is 0 Å². The van der Waals surface area contributed by atoms with Crippen LogP contribution in [-0.4, -0.2) is 18.8 Å². The highest BCUT2D eigenvalue weighted by Gasteiger charge is 2.20. The molecule has 3 heteroatoms. The van der Waals surface area contributed by atoms with Crippen molar-refractivity contribution < 1.29 is 4.74 Å². The summed E-state index contributed by atoms with van der Waals surface area (Å²) < 4.78 is 5.36. The van der Waals surface area contributed by atoms with Gasteiger partial charge in [-0.05, 0) is 48.8 Å². The second-order valence-corrected chi connectivity index (χ2v) is 5.11. The van der Waals surface area contributed by atoms with Gasteiger partial charge in [-0.1, -0.05) is 19.1 Å². The summed E-state index contributed by atoms with van der Waals surface area (Å²) in [6.45, 7) is 4.95. The Morgan fingerprint density at radius 3 is 3.06 bits per heavy atom. The summed E-state index contributed by atoms with van der Waals surface area (Å²) in [4.78, 5) is 8.74. The first-order valence-electron chi connectivity index (χ1n) is 6.62. The second-order valence-electron chi connectivity index (χ2n) is 5.11. The molecule has 0 radical (unpaired) electrons. The molecule has 1 aliphatic carbocycles. The molecule has 0 spiro atoms. The van der Waals surface area contributed by atoms with Gasteiger partial charge in [0.15, 0.2) is 0 Å². The van der Waals surface area contributed by atoms with Crippen LogP contribution in [0.3, 0.4) is 0 Å². The van der Waals surface area contributed by atoms with Crippen LogP contribution >= 0.6 is 0 Å². The molecule has 94 valence electrons. The fourth-order valence-electron chi connectivity index (χ4n) is 2.81. The van der Waals surface area contributed by atoms with Crippen molar-refractivity contribution in [3.63, 3.8) is 0 Å². The Morgan fingerprint density at radius 1 is 1.39 bits per heavy atom. The third-order valence-corrected chi connectivity index (χ3v) is 3.81. The zero-order valence-electron chi connectivity index (χ0n) is 10.9. The maximum Gasteiger partial charge on any atom is 0.317 e. The molecule has 0 saturated heterocycles. The molecule has 1 atom stereocenters. The van der Waals surface area contributed by atoms with Crippen LogP contribution in [0.5, 0.6) is 0 Å². The zero-order chi connectivity index (χ0) is 12.5. The largest absolute Gasteiger partial charge is 0.458 e. The molecule has 0 aromatic heterocycles. The molecule has 0 bridgehead atoms. The van der Waals surface area contributed by atoms with E-state index in [1.807, 2.05) is 0 Å². The Morgan fingerprint density at radius 2 is 2.28 bits per heavy atom. The van der Waals surface area contributed by atoms with Crippen LogP contribution in [0, 0.1) is 6.92 Å². The molecule has 1 aromatic rings. The van der Waals surface area contributed by atoms with Crippen LogP contribution < -0.4 is 0 Å². The number of ether oxygens (including phenoxy) is 1. The number of benzene rings is 1. The summed E-state index contributed by atoms with van der Waals surface area (Å²) >= 11 is 0. The van der Waals surface area contributed by atoms with Gasteiger partial charge in [-0.3, -0.25) is 0 Å². The Kier molecular flexibility index (Phi) is 2.90. The van der Waals surface area contributed by atoms with Crippen LogP contribution in [-0.2, 0) is 11.2 Å². The first kappa shape index (κ1) is 11.5. The maximum absolute atomic E-state index is 5.36. The average Bonchev–Trinajstić information content (AvgIpc) is 2.86. The predicted molar refractivity (Wildman–Crippen MR) is 74.1 cm³/mol. The Bertz CT molecular complexity index is 532. The molecular formula is C15H18N2O. The molecule has 1 unspecified atom stereocenters. The Labute approximate surface area is 108 Å². The van der Waals surface area contributed by atoms with Gasteiger partial charge in [-0.25, -0.2) is 4.99 Å². The lowest BCUT2D eigenvalue weighted by Crippen LogP contribution is -2.08. The van der Waals surface area contributed by atoms with Crippen LogP contribution in [0.1, 0.15) is 42.4 Å². The monoisotopic (exact) mass is 242 g/mol. The van der Waals surface area contributed by atoms with Gasteiger partial charge in [-0.2, -0.15) is 4.99 Å². The van der Waals surface area contributed by atoms with Gasteiger partial charge in [0.1, 0.15) is 6.61 Å². The summed E-state index contributed by atoms with van der Waals surface area (Å²) in [5, 5.41) is 0. The van der Waals surface area contributed by atoms with E-state index in [0.717, 1.165) is 12.1 Å². The number of rotatable bonds is 1. The Hall–Kier alpha value is -1.64. The average molecular weight is 242 g/mol. The van der Waals surface area contributed by atoms with Gasteiger partial charge < -0.3 is 4.74 Å². The van der Waals surface area contributed by atoms with Gasteiger partial charge >= 0.3 is 6.02 Å². The highest BCUT2D eigenvalue weighted by molar-refractivity contribution is 5.90. The van der Waals surface area contributed by atoms with Gasteiger partial charge in [-0.15, -0.1) is 0 Å². The van der Waals surface area contributed by atoms with Crippen molar-refractivity contribution in [2.24, 2.45) is 9.98 Å². The lowest BCUT2D eigenvalue weighted by atomic mass is 9.82. The van der Waals surface area contributed by atoms with E-state index in [9.17, 15) is 0 Å². The minimum Gasteiger partial charge on any atom is -0.458 e. The molecule has 0 saturated carbocycles. The van der Waals surface area contributed by atoms with E-state index in [4.69, 9.17) is 4.74 Å². The van der Waals surface area contributed by atoms with Crippen molar-refractivity contribution in [1.29, 1.82) is 0 Å². The molecule has 18 heavy (non-hydrogen) atoms. The van der Waals surface area contributed by atoms with Crippen molar-refractivity contribution in [2.75, 3.05) is 6.61 Å². The summed E-state index contributed by atoms with van der Waals surface area (Å²) in [5.41, 5.74) is 5.13. The molecule has 1 aromatic carbocycles. The molecule has 2 aliphatic rings. The smallest absolute Gasteiger partial charge is 0.317 e. The number of nitrogens with zero attached hydrogens (tertiary/aromatic N) is 2. The summed E-state index contributed by atoms with van der Waals surface area (Å²) in [6, 6.07) is 4.93. The highest BCUT2D eigenvalue weighted by atomic mass is 16.5. The standard InChI is InChI=1S/C15H18N2O/c1-10-4-3-5-13-12(10)7-6-11(2)14(13)17-15-16-8-9-18-15/h6-8,10H,3-5,9H2,1-2H3. The van der Waals surface area contributed by atoms with Gasteiger partial charge in [0.2, 0.25) is 0 Å². The molecule has 1 heterocycles. The molecular weight excluding hydrogens is 224 g/mol. The number of hydrogen-bond acceptors (Lipinski definition) is 2. The number of amidine groups is 1. The van der Waals surface area contributed by atoms with Gasteiger partial charge in [0, 0.05) is 6.21 Å². The van der Waals surface area contributed by atoms with E-state index in [-0.39, 0.29) is 0 Å². The SMILES string of the molecule is Cc1ccc2c(c1N=C1N=CCO1)CCCC2C. The third kappa shape index (κ3) is 1.94. The molecule has 0 N–H and O–H groups in total. The lowest BCUT2D eigenvalue weighted by molar-refractivity contribution is 0.377. The van der Waals surface area contributed by atoms with Crippen LogP contribution in [0.25, 0.3) is 0 Å². The van der Waals surface area contributed by atoms with Crippen molar-refractivity contribution >= 4 is 17.9 Å². The Balaban J connectivity index is 2.10. The predicted octanol–water partition coefficient (Wildman–Crippen LogP) is 3.52. The fourth-order valence-corrected chi connectivity index (χ4v) is 2.81. The van der Waals surface area contributed by atoms with E-state index >= 15 is 0 Å². The van der Waals surface area contributed by atoms with Crippen LogP contribution in [0.15, 0.2) is 22.1 Å². The van der Waals surface area contributed by atoms with Crippen LogP contribution in [0.2, 0.25) is 0 Å². The first-order chi connectivity index (χ1) is 8.75. The summed E-state index contributed by atoms with van der Waals surface area (Å²) in [7, 11) is 0. The zero-order valence-corrected chi connectivity index (χ0v) is 10.9. The number of aryl methyl sites for hydroxylation is 1. The maximum atomic E-state index is 5.36. The van der Waals surface area contributed by atoms with Gasteiger partial charge in [0.05, 0.1) is 5.69 Å². The summed E-state index contributed by atoms with van der Waals surface area (Å²) in [5.74, 6) is 0.640. The molecule has 3 nitrogen and oxygen atoms in total. The number of fused-ring (bicyclic) bond motifs is 1. The minimum absolute atomic E-state index is 0.504. The van der Waals surface area contributed by atoms with E-state index in [1.54, 1.807) is 6.21 Å². The molecule has 1 aliphatic heterocycles. The van der Waals surface area contributed by atoms with E-state index in [0.29, 0.717) is 18.5 Å². The fraction of sp³-hybridized carbons (Fsp3) is 0.467. The normalized spacial score (nSPS) is 24.1. The third-order valence-electron chi connectivity index (χ3n) is 3.81. The van der Waals surface area contributed by atoms with E-state index < -0.39 is 0 Å². The quantitative estimate of drug-likeness (QED) is 0.741. The number of aliphatic imine (C=N–C) groups is 2. The molecule has 0 amide bonds. The van der Waals surface area contributed by atoms with Gasteiger partial charge in [0.25, 0.3) is 0 Å². The van der Waals surface area contributed by atoms with E-state index in [1.165, 1.54) is 29.5 Å². The first-order valence-corrected chi connectivity index (χ1v) is 6.62. The summed E-state index contributed by atoms with van der Waals surface area (Å²) in [6.07, 6.45) is 5.41.